The first-order chi connectivity index (χ1) is 7.48. The largest absolute Gasteiger partial charge is 0.417 e. The Kier molecular flexibility index (Phi) is 2.55. The molecule has 1 aromatic heterocycles. The molecule has 0 radical (unpaired) electrons. The highest BCUT2D eigenvalue weighted by Gasteiger charge is 2.34. The maximum atomic E-state index is 12.6. The van der Waals surface area contributed by atoms with E-state index in [-0.39, 0.29) is 16.3 Å². The van der Waals surface area contributed by atoms with Crippen LogP contribution >= 0.6 is 12.2 Å². The van der Waals surface area contributed by atoms with Gasteiger partial charge in [-0.1, -0.05) is 12.1 Å². The maximum absolute atomic E-state index is 12.6. The van der Waals surface area contributed by atoms with Crippen LogP contribution in [-0.4, -0.2) is 10.2 Å². The highest BCUT2D eigenvalue weighted by Crippen LogP contribution is 2.35. The van der Waals surface area contributed by atoms with Crippen molar-refractivity contribution in [1.82, 2.24) is 10.2 Å². The quantitative estimate of drug-likeness (QED) is 0.784. The fourth-order valence-electron chi connectivity index (χ4n) is 1.26. The lowest BCUT2D eigenvalue weighted by Crippen LogP contribution is -2.06. The third-order valence-electron chi connectivity index (χ3n) is 1.90. The lowest BCUT2D eigenvalue weighted by atomic mass is 10.1. The number of hydrogen-bond donors (Lipinski definition) is 1. The number of H-pyrrole nitrogens is 1. The fourth-order valence-corrected chi connectivity index (χ4v) is 1.39. The summed E-state index contributed by atoms with van der Waals surface area (Å²) in [5.41, 5.74) is -0.942. The molecular formula is C9H5F3N2OS. The number of nitrogens with zero attached hydrogens (tertiary/aromatic N) is 1. The molecule has 0 saturated heterocycles. The number of hydrogen-bond acceptors (Lipinski definition) is 3. The zero-order valence-electron chi connectivity index (χ0n) is 7.71. The molecule has 1 heterocycles. The van der Waals surface area contributed by atoms with E-state index < -0.39 is 11.7 Å². The molecule has 3 nitrogen and oxygen atoms in total. The summed E-state index contributed by atoms with van der Waals surface area (Å²) in [6.07, 6.45) is -4.45. The number of alkyl halides is 3. The molecule has 0 fully saturated rings. The van der Waals surface area contributed by atoms with E-state index >= 15 is 0 Å². The number of aromatic nitrogens is 2. The summed E-state index contributed by atoms with van der Waals surface area (Å²) in [7, 11) is 0. The van der Waals surface area contributed by atoms with E-state index in [9.17, 15) is 13.2 Å². The van der Waals surface area contributed by atoms with Crippen LogP contribution in [0, 0.1) is 4.84 Å². The molecule has 2 aromatic rings. The molecule has 0 unspecified atom stereocenters. The molecular weight excluding hydrogens is 241 g/mol. The van der Waals surface area contributed by atoms with Crippen molar-refractivity contribution >= 4 is 12.2 Å². The van der Waals surface area contributed by atoms with Crippen molar-refractivity contribution in [2.45, 2.75) is 6.18 Å². The first kappa shape index (κ1) is 10.9. The van der Waals surface area contributed by atoms with E-state index in [1.165, 1.54) is 18.2 Å². The van der Waals surface area contributed by atoms with Crippen LogP contribution in [0.4, 0.5) is 13.2 Å². The summed E-state index contributed by atoms with van der Waals surface area (Å²) in [6, 6.07) is 5.01. The van der Waals surface area contributed by atoms with Gasteiger partial charge < -0.3 is 4.42 Å². The number of nitrogens with one attached hydrogen (secondary N) is 1. The molecule has 84 valence electrons. The fraction of sp³-hybridized carbons (Fsp3) is 0.111. The molecule has 16 heavy (non-hydrogen) atoms. The summed E-state index contributed by atoms with van der Waals surface area (Å²) < 4.78 is 42.8. The van der Waals surface area contributed by atoms with Crippen LogP contribution in [0.15, 0.2) is 28.7 Å². The van der Waals surface area contributed by atoms with Gasteiger partial charge in [-0.15, -0.1) is 5.10 Å². The number of aromatic amines is 1. The van der Waals surface area contributed by atoms with Crippen molar-refractivity contribution in [3.05, 3.63) is 34.7 Å². The lowest BCUT2D eigenvalue weighted by molar-refractivity contribution is -0.137. The minimum atomic E-state index is -4.45. The molecule has 0 bridgehead atoms. The normalized spacial score (nSPS) is 11.7. The standard InChI is InChI=1S/C9H5F3N2OS/c10-9(11,12)6-4-2-1-3-5(6)7-13-14-8(16)15-7/h1-4H,(H,14,16). The zero-order chi connectivity index (χ0) is 11.8. The van der Waals surface area contributed by atoms with E-state index in [4.69, 9.17) is 4.42 Å². The van der Waals surface area contributed by atoms with Gasteiger partial charge in [-0.25, -0.2) is 5.10 Å². The predicted molar refractivity (Wildman–Crippen MR) is 52.1 cm³/mol. The minimum Gasteiger partial charge on any atom is -0.409 e. The Morgan fingerprint density at radius 1 is 1.25 bits per heavy atom. The van der Waals surface area contributed by atoms with E-state index in [1.54, 1.807) is 0 Å². The Bertz CT molecular complexity index is 558. The van der Waals surface area contributed by atoms with E-state index in [0.29, 0.717) is 0 Å². The highest BCUT2D eigenvalue weighted by atomic mass is 32.1. The monoisotopic (exact) mass is 246 g/mol. The number of benzene rings is 1. The van der Waals surface area contributed by atoms with Crippen LogP contribution in [0.3, 0.4) is 0 Å². The van der Waals surface area contributed by atoms with Gasteiger partial charge in [0.2, 0.25) is 5.89 Å². The predicted octanol–water partition coefficient (Wildman–Crippen LogP) is 3.42. The molecule has 7 heteroatoms. The van der Waals surface area contributed by atoms with Crippen molar-refractivity contribution in [1.29, 1.82) is 0 Å². The molecule has 0 aliphatic carbocycles. The average Bonchev–Trinajstić information content (AvgIpc) is 2.64. The summed E-state index contributed by atoms with van der Waals surface area (Å²) >= 11 is 4.60. The van der Waals surface area contributed by atoms with Crippen LogP contribution < -0.4 is 0 Å². The summed E-state index contributed by atoms with van der Waals surface area (Å²) in [5.74, 6) is -0.169. The van der Waals surface area contributed by atoms with Crippen molar-refractivity contribution in [2.24, 2.45) is 0 Å². The molecule has 0 saturated carbocycles. The average molecular weight is 246 g/mol. The van der Waals surface area contributed by atoms with Crippen LogP contribution in [0.2, 0.25) is 0 Å². The summed E-state index contributed by atoms with van der Waals surface area (Å²) in [6.45, 7) is 0. The molecule has 1 N–H and O–H groups in total. The molecule has 0 aliphatic heterocycles. The van der Waals surface area contributed by atoms with Crippen molar-refractivity contribution in [2.75, 3.05) is 0 Å². The van der Waals surface area contributed by atoms with Crippen molar-refractivity contribution in [3.63, 3.8) is 0 Å². The number of rotatable bonds is 1. The second kappa shape index (κ2) is 3.75. The SMILES string of the molecule is FC(F)(F)c1ccccc1-c1n[nH]c(=S)o1. The molecule has 1 aromatic carbocycles. The van der Waals surface area contributed by atoms with Gasteiger partial charge in [0.05, 0.1) is 11.1 Å². The Balaban J connectivity index is 2.61. The Labute approximate surface area is 92.9 Å². The molecule has 0 aliphatic rings. The van der Waals surface area contributed by atoms with Gasteiger partial charge in [-0.3, -0.25) is 0 Å². The Morgan fingerprint density at radius 2 is 1.94 bits per heavy atom. The van der Waals surface area contributed by atoms with E-state index in [0.717, 1.165) is 6.07 Å². The zero-order valence-corrected chi connectivity index (χ0v) is 8.52. The van der Waals surface area contributed by atoms with Gasteiger partial charge in [0.1, 0.15) is 0 Å². The smallest absolute Gasteiger partial charge is 0.409 e. The molecule has 0 amide bonds. The van der Waals surface area contributed by atoms with E-state index in [1.807, 2.05) is 0 Å². The van der Waals surface area contributed by atoms with Crippen LogP contribution in [0.5, 0.6) is 0 Å². The van der Waals surface area contributed by atoms with Crippen LogP contribution in [0.25, 0.3) is 11.5 Å². The van der Waals surface area contributed by atoms with Gasteiger partial charge in [-0.05, 0) is 24.4 Å². The Morgan fingerprint density at radius 3 is 2.50 bits per heavy atom. The van der Waals surface area contributed by atoms with Gasteiger partial charge >= 0.3 is 6.18 Å². The summed E-state index contributed by atoms with van der Waals surface area (Å²) in [4.78, 5) is -0.0630. The van der Waals surface area contributed by atoms with E-state index in [2.05, 4.69) is 22.4 Å². The Hall–Kier alpha value is -1.63. The molecule has 0 spiro atoms. The maximum Gasteiger partial charge on any atom is 0.417 e. The lowest BCUT2D eigenvalue weighted by Gasteiger charge is -2.09. The van der Waals surface area contributed by atoms with Gasteiger partial charge in [-0.2, -0.15) is 13.2 Å². The van der Waals surface area contributed by atoms with Gasteiger partial charge in [0.25, 0.3) is 4.84 Å². The topological polar surface area (TPSA) is 41.8 Å². The highest BCUT2D eigenvalue weighted by molar-refractivity contribution is 7.71. The molecule has 2 rings (SSSR count). The molecule has 0 atom stereocenters. The third kappa shape index (κ3) is 1.99. The van der Waals surface area contributed by atoms with Gasteiger partial charge in [0.15, 0.2) is 0 Å². The first-order valence-corrected chi connectivity index (χ1v) is 4.61. The van der Waals surface area contributed by atoms with Crippen molar-refractivity contribution in [3.8, 4) is 11.5 Å². The van der Waals surface area contributed by atoms with Gasteiger partial charge in [0, 0.05) is 0 Å². The first-order valence-electron chi connectivity index (χ1n) is 4.20. The van der Waals surface area contributed by atoms with Crippen molar-refractivity contribution < 1.29 is 17.6 Å². The second-order valence-corrected chi connectivity index (χ2v) is 3.33. The van der Waals surface area contributed by atoms with Crippen LogP contribution in [-0.2, 0) is 6.18 Å². The third-order valence-corrected chi connectivity index (χ3v) is 2.08. The summed E-state index contributed by atoms with van der Waals surface area (Å²) in [5, 5.41) is 5.84. The minimum absolute atomic E-state index is 0.0630. The van der Waals surface area contributed by atoms with Crippen LogP contribution in [0.1, 0.15) is 5.56 Å². The second-order valence-electron chi connectivity index (χ2n) is 2.96. The number of halogens is 3.